The molecule has 2 saturated heterocycles. The Morgan fingerprint density at radius 1 is 1.12 bits per heavy atom. The first-order valence-corrected chi connectivity index (χ1v) is 9.90. The molecular weight excluding hydrogens is 332 g/mol. The van der Waals surface area contributed by atoms with Crippen LogP contribution >= 0.6 is 11.3 Å². The maximum Gasteiger partial charge on any atom is 0.236 e. The minimum atomic E-state index is 0.268. The van der Waals surface area contributed by atoms with Crippen LogP contribution in [0.15, 0.2) is 41.9 Å². The Labute approximate surface area is 152 Å². The lowest BCUT2D eigenvalue weighted by Gasteiger charge is -2.36. The molecule has 0 saturated carbocycles. The summed E-state index contributed by atoms with van der Waals surface area (Å²) in [5.74, 6) is 1.27. The Hall–Kier alpha value is -1.92. The SMILES string of the molecule is O=C(CN1CCC[C@@H]1c1cccs1)N1CCN(c2ccccn2)CC1. The third-order valence-electron chi connectivity index (χ3n) is 5.18. The quantitative estimate of drug-likeness (QED) is 0.844. The monoisotopic (exact) mass is 356 g/mol. The minimum absolute atomic E-state index is 0.268. The van der Waals surface area contributed by atoms with Crippen molar-refractivity contribution >= 4 is 23.1 Å². The summed E-state index contributed by atoms with van der Waals surface area (Å²) in [6, 6.07) is 10.7. The number of aromatic nitrogens is 1. The fourth-order valence-corrected chi connectivity index (χ4v) is 4.71. The Bertz CT molecular complexity index is 683. The molecule has 0 aliphatic carbocycles. The molecule has 6 heteroatoms. The van der Waals surface area contributed by atoms with Crippen molar-refractivity contribution in [3.05, 3.63) is 46.8 Å². The van der Waals surface area contributed by atoms with E-state index in [1.807, 2.05) is 29.3 Å². The number of piperazine rings is 1. The summed E-state index contributed by atoms with van der Waals surface area (Å²) in [6.45, 7) is 4.86. The van der Waals surface area contributed by atoms with E-state index in [4.69, 9.17) is 0 Å². The molecule has 4 heterocycles. The fourth-order valence-electron chi connectivity index (χ4n) is 3.82. The van der Waals surface area contributed by atoms with Crippen molar-refractivity contribution in [2.45, 2.75) is 18.9 Å². The lowest BCUT2D eigenvalue weighted by molar-refractivity contribution is -0.133. The average molecular weight is 356 g/mol. The highest BCUT2D eigenvalue weighted by atomic mass is 32.1. The van der Waals surface area contributed by atoms with Gasteiger partial charge < -0.3 is 9.80 Å². The molecule has 0 radical (unpaired) electrons. The Kier molecular flexibility index (Phi) is 4.99. The van der Waals surface area contributed by atoms with Crippen molar-refractivity contribution in [3.8, 4) is 0 Å². The molecule has 2 aliphatic heterocycles. The van der Waals surface area contributed by atoms with Gasteiger partial charge in [0.25, 0.3) is 0 Å². The smallest absolute Gasteiger partial charge is 0.236 e. The van der Waals surface area contributed by atoms with Gasteiger partial charge in [-0.05, 0) is 43.0 Å². The molecular formula is C19H24N4OS. The van der Waals surface area contributed by atoms with Gasteiger partial charge in [-0.1, -0.05) is 12.1 Å². The molecule has 25 heavy (non-hydrogen) atoms. The second-order valence-corrected chi connectivity index (χ2v) is 7.68. The van der Waals surface area contributed by atoms with E-state index >= 15 is 0 Å². The molecule has 2 fully saturated rings. The van der Waals surface area contributed by atoms with Crippen LogP contribution in [0.4, 0.5) is 5.82 Å². The molecule has 2 aromatic heterocycles. The highest BCUT2D eigenvalue weighted by Crippen LogP contribution is 2.34. The van der Waals surface area contributed by atoms with Crippen molar-refractivity contribution in [3.63, 3.8) is 0 Å². The van der Waals surface area contributed by atoms with Crippen LogP contribution in [0.3, 0.4) is 0 Å². The predicted octanol–water partition coefficient (Wildman–Crippen LogP) is 2.63. The van der Waals surface area contributed by atoms with E-state index in [1.54, 1.807) is 11.3 Å². The Balaban J connectivity index is 1.32. The molecule has 0 bridgehead atoms. The lowest BCUT2D eigenvalue weighted by atomic mass is 10.2. The van der Waals surface area contributed by atoms with Crippen molar-refractivity contribution in [1.29, 1.82) is 0 Å². The number of carbonyl (C=O) groups excluding carboxylic acids is 1. The van der Waals surface area contributed by atoms with Crippen LogP contribution in [0.25, 0.3) is 0 Å². The number of likely N-dealkylation sites (tertiary alicyclic amines) is 1. The third-order valence-corrected chi connectivity index (χ3v) is 6.15. The van der Waals surface area contributed by atoms with Gasteiger partial charge in [0, 0.05) is 43.3 Å². The van der Waals surface area contributed by atoms with Gasteiger partial charge >= 0.3 is 0 Å². The molecule has 132 valence electrons. The Morgan fingerprint density at radius 2 is 2.00 bits per heavy atom. The van der Waals surface area contributed by atoms with Gasteiger partial charge in [-0.25, -0.2) is 4.98 Å². The normalized spacial score (nSPS) is 21.7. The summed E-state index contributed by atoms with van der Waals surface area (Å²) in [5.41, 5.74) is 0. The average Bonchev–Trinajstić information content (AvgIpc) is 3.34. The minimum Gasteiger partial charge on any atom is -0.353 e. The zero-order valence-corrected chi connectivity index (χ0v) is 15.2. The molecule has 0 aromatic carbocycles. The van der Waals surface area contributed by atoms with Gasteiger partial charge in [0.2, 0.25) is 5.91 Å². The van der Waals surface area contributed by atoms with Crippen LogP contribution in [-0.4, -0.2) is 60.0 Å². The zero-order valence-electron chi connectivity index (χ0n) is 14.4. The van der Waals surface area contributed by atoms with E-state index in [2.05, 4.69) is 32.3 Å². The van der Waals surface area contributed by atoms with Gasteiger partial charge in [-0.2, -0.15) is 0 Å². The van der Waals surface area contributed by atoms with Crippen LogP contribution in [0.2, 0.25) is 0 Å². The van der Waals surface area contributed by atoms with Crippen LogP contribution in [0, 0.1) is 0 Å². The largest absolute Gasteiger partial charge is 0.353 e. The van der Waals surface area contributed by atoms with E-state index in [0.29, 0.717) is 12.6 Å². The number of anilines is 1. The Morgan fingerprint density at radius 3 is 2.72 bits per heavy atom. The molecule has 2 aliphatic rings. The second kappa shape index (κ2) is 7.54. The second-order valence-electron chi connectivity index (χ2n) is 6.70. The standard InChI is InChI=1S/C19H24N4OS/c24-19(15-23-9-3-5-16(23)17-6-4-14-25-17)22-12-10-21(11-13-22)18-7-1-2-8-20-18/h1-2,4,6-8,14,16H,3,5,9-13,15H2/t16-/m1/s1. The van der Waals surface area contributed by atoms with Gasteiger partial charge in [0.1, 0.15) is 5.82 Å². The van der Waals surface area contributed by atoms with Gasteiger partial charge in [-0.15, -0.1) is 11.3 Å². The van der Waals surface area contributed by atoms with Crippen molar-refractivity contribution in [2.75, 3.05) is 44.2 Å². The molecule has 5 nitrogen and oxygen atoms in total. The number of hydrogen-bond donors (Lipinski definition) is 0. The van der Waals surface area contributed by atoms with Crippen LogP contribution in [-0.2, 0) is 4.79 Å². The lowest BCUT2D eigenvalue weighted by Crippen LogP contribution is -2.51. The third kappa shape index (κ3) is 3.70. The zero-order chi connectivity index (χ0) is 17.1. The number of amides is 1. The maximum absolute atomic E-state index is 12.8. The summed E-state index contributed by atoms with van der Waals surface area (Å²) in [6.07, 6.45) is 4.18. The predicted molar refractivity (Wildman–Crippen MR) is 101 cm³/mol. The van der Waals surface area contributed by atoms with E-state index in [1.165, 1.54) is 17.7 Å². The van der Waals surface area contributed by atoms with Crippen LogP contribution in [0.5, 0.6) is 0 Å². The fraction of sp³-hybridized carbons (Fsp3) is 0.474. The van der Waals surface area contributed by atoms with Crippen LogP contribution < -0.4 is 4.90 Å². The first kappa shape index (κ1) is 16.5. The van der Waals surface area contributed by atoms with Gasteiger partial charge in [0.05, 0.1) is 6.54 Å². The molecule has 0 N–H and O–H groups in total. The van der Waals surface area contributed by atoms with Gasteiger partial charge in [-0.3, -0.25) is 9.69 Å². The number of carbonyl (C=O) groups is 1. The molecule has 0 spiro atoms. The molecule has 4 rings (SSSR count). The maximum atomic E-state index is 12.8. The molecule has 1 amide bonds. The van der Waals surface area contributed by atoms with Crippen molar-refractivity contribution in [2.24, 2.45) is 0 Å². The first-order chi connectivity index (χ1) is 12.3. The van der Waals surface area contributed by atoms with E-state index < -0.39 is 0 Å². The number of hydrogen-bond acceptors (Lipinski definition) is 5. The highest BCUT2D eigenvalue weighted by molar-refractivity contribution is 7.10. The summed E-state index contributed by atoms with van der Waals surface area (Å²) in [5, 5.41) is 2.13. The summed E-state index contributed by atoms with van der Waals surface area (Å²) in [7, 11) is 0. The summed E-state index contributed by atoms with van der Waals surface area (Å²) < 4.78 is 0. The van der Waals surface area contributed by atoms with Gasteiger partial charge in [0.15, 0.2) is 0 Å². The molecule has 1 atom stereocenters. The van der Waals surface area contributed by atoms with E-state index in [0.717, 1.165) is 38.5 Å². The topological polar surface area (TPSA) is 39.7 Å². The van der Waals surface area contributed by atoms with E-state index in [-0.39, 0.29) is 5.91 Å². The van der Waals surface area contributed by atoms with E-state index in [9.17, 15) is 4.79 Å². The number of rotatable bonds is 4. The summed E-state index contributed by atoms with van der Waals surface area (Å²) in [4.78, 5) is 25.2. The molecule has 2 aromatic rings. The van der Waals surface area contributed by atoms with Crippen molar-refractivity contribution < 1.29 is 4.79 Å². The van der Waals surface area contributed by atoms with Crippen molar-refractivity contribution in [1.82, 2.24) is 14.8 Å². The number of thiophene rings is 1. The summed E-state index contributed by atoms with van der Waals surface area (Å²) >= 11 is 1.80. The number of nitrogens with zero attached hydrogens (tertiary/aromatic N) is 4. The highest BCUT2D eigenvalue weighted by Gasteiger charge is 2.30. The van der Waals surface area contributed by atoms with Crippen LogP contribution in [0.1, 0.15) is 23.8 Å². The first-order valence-electron chi connectivity index (χ1n) is 9.02. The number of pyridine rings is 1. The molecule has 0 unspecified atom stereocenters.